The zero-order valence-corrected chi connectivity index (χ0v) is 18.1. The third kappa shape index (κ3) is 3.99. The molecule has 4 rings (SSSR count). The minimum atomic E-state index is -3.58. The van der Waals surface area contributed by atoms with Gasteiger partial charge in [-0.1, -0.05) is 87.5 Å². The van der Waals surface area contributed by atoms with Gasteiger partial charge in [-0.3, -0.25) is 4.79 Å². The van der Waals surface area contributed by atoms with Crippen LogP contribution in [0.3, 0.4) is 0 Å². The van der Waals surface area contributed by atoms with Gasteiger partial charge in [0.15, 0.2) is 0 Å². The molecular formula is C27H27F2NO. The highest BCUT2D eigenvalue weighted by Crippen LogP contribution is 2.45. The Morgan fingerprint density at radius 3 is 2.13 bits per heavy atom. The van der Waals surface area contributed by atoms with Gasteiger partial charge in [-0.25, -0.2) is 0 Å². The van der Waals surface area contributed by atoms with Gasteiger partial charge in [0.25, 0.3) is 0 Å². The van der Waals surface area contributed by atoms with Crippen LogP contribution in [0.25, 0.3) is 0 Å². The number of anilines is 1. The van der Waals surface area contributed by atoms with Crippen molar-refractivity contribution in [1.29, 1.82) is 0 Å². The lowest BCUT2D eigenvalue weighted by Crippen LogP contribution is -2.49. The minimum absolute atomic E-state index is 0.0265. The van der Waals surface area contributed by atoms with Crippen LogP contribution in [-0.4, -0.2) is 18.3 Å². The van der Waals surface area contributed by atoms with Gasteiger partial charge in [-0.05, 0) is 40.7 Å². The van der Waals surface area contributed by atoms with Crippen LogP contribution >= 0.6 is 0 Å². The van der Waals surface area contributed by atoms with Crippen LogP contribution in [0.15, 0.2) is 78.9 Å². The van der Waals surface area contributed by atoms with E-state index < -0.39 is 17.7 Å². The minimum Gasteiger partial charge on any atom is -0.358 e. The fourth-order valence-corrected chi connectivity index (χ4v) is 4.29. The predicted molar refractivity (Wildman–Crippen MR) is 121 cm³/mol. The van der Waals surface area contributed by atoms with E-state index in [-0.39, 0.29) is 11.0 Å². The number of rotatable bonds is 4. The number of carbonyl (C=O) groups excluding carboxylic acids is 1. The molecular weight excluding hydrogens is 392 g/mol. The van der Waals surface area contributed by atoms with Crippen LogP contribution in [0.1, 0.15) is 53.9 Å². The number of halogens is 2. The van der Waals surface area contributed by atoms with Gasteiger partial charge in [0.1, 0.15) is 6.04 Å². The molecule has 0 amide bonds. The Morgan fingerprint density at radius 1 is 0.871 bits per heavy atom. The smallest absolute Gasteiger partial charge is 0.333 e. The van der Waals surface area contributed by atoms with Crippen molar-refractivity contribution in [2.45, 2.75) is 44.6 Å². The van der Waals surface area contributed by atoms with Crippen molar-refractivity contribution in [3.05, 3.63) is 101 Å². The lowest BCUT2D eigenvalue weighted by molar-refractivity contribution is -0.0104. The van der Waals surface area contributed by atoms with E-state index in [1.165, 1.54) is 12.1 Å². The zero-order chi connectivity index (χ0) is 22.2. The third-order valence-electron chi connectivity index (χ3n) is 6.03. The van der Waals surface area contributed by atoms with Gasteiger partial charge in [-0.15, -0.1) is 0 Å². The van der Waals surface area contributed by atoms with Gasteiger partial charge in [-0.2, -0.15) is 8.78 Å². The number of Topliss-reactive ketones (excluding diaryl/α,β-unsaturated/α-hetero) is 1. The van der Waals surface area contributed by atoms with E-state index >= 15 is 8.78 Å². The first kappa shape index (κ1) is 21.2. The van der Waals surface area contributed by atoms with Gasteiger partial charge in [0, 0.05) is 17.8 Å². The largest absolute Gasteiger partial charge is 0.358 e. The summed E-state index contributed by atoms with van der Waals surface area (Å²) in [7, 11) is 0. The molecule has 0 N–H and O–H groups in total. The summed E-state index contributed by atoms with van der Waals surface area (Å²) in [6.45, 7) is 6.78. The number of alkyl halides is 2. The molecule has 0 saturated carbocycles. The van der Waals surface area contributed by atoms with Crippen molar-refractivity contribution in [2.75, 3.05) is 11.4 Å². The van der Waals surface area contributed by atoms with Crippen LogP contribution in [0.5, 0.6) is 0 Å². The molecule has 0 aromatic heterocycles. The Kier molecular flexibility index (Phi) is 5.42. The molecule has 0 aliphatic carbocycles. The van der Waals surface area contributed by atoms with E-state index in [0.717, 1.165) is 11.1 Å². The van der Waals surface area contributed by atoms with E-state index in [2.05, 4.69) is 20.8 Å². The van der Waals surface area contributed by atoms with Crippen molar-refractivity contribution in [2.24, 2.45) is 0 Å². The van der Waals surface area contributed by atoms with Crippen molar-refractivity contribution in [3.8, 4) is 0 Å². The van der Waals surface area contributed by atoms with Crippen LogP contribution < -0.4 is 4.90 Å². The number of hydrogen-bond acceptors (Lipinski definition) is 2. The van der Waals surface area contributed by atoms with Crippen molar-refractivity contribution < 1.29 is 13.6 Å². The van der Waals surface area contributed by atoms with E-state index in [1.807, 2.05) is 36.4 Å². The van der Waals surface area contributed by atoms with E-state index in [1.54, 1.807) is 35.2 Å². The standard InChI is InChI=1S/C27H27F2NO/c1-26(2,3)21-13-15-22(16-14-21)30-18-17-19-9-7-8-12-23(19)24(30)27(28,29)25(31)20-10-5-4-6-11-20/h4-16,24H,17-18H2,1-3H3. The number of hydrogen-bond donors (Lipinski definition) is 0. The number of carbonyl (C=O) groups is 1. The normalized spacial score (nSPS) is 16.7. The summed E-state index contributed by atoms with van der Waals surface area (Å²) < 4.78 is 31.8. The number of nitrogens with zero attached hydrogens (tertiary/aromatic N) is 1. The molecule has 2 nitrogen and oxygen atoms in total. The van der Waals surface area contributed by atoms with Gasteiger partial charge < -0.3 is 4.90 Å². The Morgan fingerprint density at radius 2 is 1.48 bits per heavy atom. The highest BCUT2D eigenvalue weighted by atomic mass is 19.3. The molecule has 0 spiro atoms. The van der Waals surface area contributed by atoms with Crippen LogP contribution in [0, 0.1) is 0 Å². The predicted octanol–water partition coefficient (Wildman–Crippen LogP) is 6.61. The first-order chi connectivity index (χ1) is 14.7. The molecule has 3 aromatic carbocycles. The average molecular weight is 420 g/mol. The number of ketones is 1. The van der Waals surface area contributed by atoms with Crippen LogP contribution in [-0.2, 0) is 11.8 Å². The first-order valence-corrected chi connectivity index (χ1v) is 10.6. The molecule has 0 radical (unpaired) electrons. The molecule has 0 saturated heterocycles. The van der Waals surface area contributed by atoms with Gasteiger partial charge >= 0.3 is 5.92 Å². The second-order valence-electron chi connectivity index (χ2n) is 9.16. The fraction of sp³-hybridized carbons (Fsp3) is 0.296. The molecule has 160 valence electrons. The Bertz CT molecular complexity index is 1070. The van der Waals surface area contributed by atoms with Crippen molar-refractivity contribution in [3.63, 3.8) is 0 Å². The average Bonchev–Trinajstić information content (AvgIpc) is 2.77. The molecule has 1 aliphatic rings. The van der Waals surface area contributed by atoms with Gasteiger partial charge in [0.05, 0.1) is 0 Å². The Labute approximate surface area is 182 Å². The van der Waals surface area contributed by atoms with Crippen molar-refractivity contribution >= 4 is 11.5 Å². The summed E-state index contributed by atoms with van der Waals surface area (Å²) in [5, 5.41) is 0. The molecule has 1 atom stereocenters. The molecule has 4 heteroatoms. The Balaban J connectivity index is 1.79. The second-order valence-corrected chi connectivity index (χ2v) is 9.16. The molecule has 1 heterocycles. The Hall–Kier alpha value is -3.01. The number of benzene rings is 3. The highest BCUT2D eigenvalue weighted by molar-refractivity contribution is 6.02. The quantitative estimate of drug-likeness (QED) is 0.444. The summed E-state index contributed by atoms with van der Waals surface area (Å²) in [4.78, 5) is 14.7. The molecule has 3 aromatic rings. The molecule has 0 bridgehead atoms. The van der Waals surface area contributed by atoms with E-state index in [9.17, 15) is 4.79 Å². The monoisotopic (exact) mass is 419 g/mol. The maximum absolute atomic E-state index is 15.9. The van der Waals surface area contributed by atoms with Crippen LogP contribution in [0.4, 0.5) is 14.5 Å². The van der Waals surface area contributed by atoms with E-state index in [0.29, 0.717) is 24.2 Å². The third-order valence-corrected chi connectivity index (χ3v) is 6.03. The maximum Gasteiger partial charge on any atom is 0.333 e. The SMILES string of the molecule is CC(C)(C)c1ccc(N2CCc3ccccc3C2C(F)(F)C(=O)c2ccccc2)cc1. The fourth-order valence-electron chi connectivity index (χ4n) is 4.29. The highest BCUT2D eigenvalue weighted by Gasteiger charge is 2.52. The molecule has 1 unspecified atom stereocenters. The summed E-state index contributed by atoms with van der Waals surface area (Å²) in [6.07, 6.45) is 0.656. The van der Waals surface area contributed by atoms with E-state index in [4.69, 9.17) is 0 Å². The summed E-state index contributed by atoms with van der Waals surface area (Å²) in [6, 6.07) is 21.5. The lowest BCUT2D eigenvalue weighted by Gasteiger charge is -2.42. The van der Waals surface area contributed by atoms with Gasteiger partial charge in [0.2, 0.25) is 5.78 Å². The molecule has 31 heavy (non-hydrogen) atoms. The maximum atomic E-state index is 15.9. The van der Waals surface area contributed by atoms with Crippen LogP contribution in [0.2, 0.25) is 0 Å². The summed E-state index contributed by atoms with van der Waals surface area (Å²) in [5.74, 6) is -4.73. The lowest BCUT2D eigenvalue weighted by atomic mass is 9.84. The molecule has 0 fully saturated rings. The van der Waals surface area contributed by atoms with Crippen molar-refractivity contribution in [1.82, 2.24) is 0 Å². The number of fused-ring (bicyclic) bond motifs is 1. The topological polar surface area (TPSA) is 20.3 Å². The summed E-state index contributed by atoms with van der Waals surface area (Å²) >= 11 is 0. The second kappa shape index (κ2) is 7.92. The molecule has 1 aliphatic heterocycles. The zero-order valence-electron chi connectivity index (χ0n) is 18.1. The first-order valence-electron chi connectivity index (χ1n) is 10.6. The summed E-state index contributed by atoms with van der Waals surface area (Å²) in [5.41, 5.74) is 3.22.